The van der Waals surface area contributed by atoms with Crippen molar-refractivity contribution in [3.05, 3.63) is 71.4 Å². The van der Waals surface area contributed by atoms with Crippen LogP contribution in [0.15, 0.2) is 54.6 Å². The number of H-pyrrole nitrogens is 1. The third kappa shape index (κ3) is 2.03. The van der Waals surface area contributed by atoms with Crippen LogP contribution in [0.3, 0.4) is 0 Å². The van der Waals surface area contributed by atoms with Gasteiger partial charge in [-0.2, -0.15) is 0 Å². The van der Waals surface area contributed by atoms with E-state index < -0.39 is 6.04 Å². The van der Waals surface area contributed by atoms with Crippen molar-refractivity contribution in [3.8, 4) is 0 Å². The molecule has 0 unspecified atom stereocenters. The Labute approximate surface area is 151 Å². The third-order valence-electron chi connectivity index (χ3n) is 5.57. The molecule has 0 aliphatic carbocycles. The van der Waals surface area contributed by atoms with E-state index in [1.807, 2.05) is 48.5 Å². The molecule has 2 aromatic carbocycles. The Hall–Kier alpha value is -3.08. The second kappa shape index (κ2) is 5.46. The quantitative estimate of drug-likeness (QED) is 0.737. The summed E-state index contributed by atoms with van der Waals surface area (Å²) < 4.78 is 0. The summed E-state index contributed by atoms with van der Waals surface area (Å²) in [6, 6.07) is 17.4. The number of likely N-dealkylation sites (N-methyl/N-ethyl adjacent to an activating group) is 1. The number of benzene rings is 2. The first-order chi connectivity index (χ1) is 12.6. The van der Waals surface area contributed by atoms with Crippen LogP contribution in [0, 0.1) is 0 Å². The Morgan fingerprint density at radius 2 is 1.73 bits per heavy atom. The number of carbonyl (C=O) groups is 2. The summed E-state index contributed by atoms with van der Waals surface area (Å²) in [5.74, 6) is 0.0109. The molecule has 1 fully saturated rings. The van der Waals surface area contributed by atoms with E-state index in [0.29, 0.717) is 6.42 Å². The number of piperazine rings is 1. The van der Waals surface area contributed by atoms with Crippen molar-refractivity contribution in [2.45, 2.75) is 18.5 Å². The molecule has 0 spiro atoms. The first kappa shape index (κ1) is 15.2. The number of para-hydroxylation sites is 1. The minimum atomic E-state index is -0.446. The van der Waals surface area contributed by atoms with Crippen LogP contribution in [-0.2, 0) is 16.0 Å². The summed E-state index contributed by atoms with van der Waals surface area (Å²) in [6.45, 7) is 0.133. The Kier molecular flexibility index (Phi) is 3.19. The van der Waals surface area contributed by atoms with Crippen molar-refractivity contribution >= 4 is 22.7 Å². The maximum atomic E-state index is 12.9. The summed E-state index contributed by atoms with van der Waals surface area (Å²) in [7, 11) is 1.71. The first-order valence-electron chi connectivity index (χ1n) is 8.85. The minimum Gasteiger partial charge on any atom is -0.356 e. The molecule has 1 N–H and O–H groups in total. The molecule has 2 aliphatic rings. The zero-order valence-corrected chi connectivity index (χ0v) is 14.5. The van der Waals surface area contributed by atoms with Crippen LogP contribution in [0.5, 0.6) is 0 Å². The summed E-state index contributed by atoms with van der Waals surface area (Å²) in [6.07, 6.45) is 0.553. The van der Waals surface area contributed by atoms with E-state index in [2.05, 4.69) is 11.1 Å². The van der Waals surface area contributed by atoms with Gasteiger partial charge >= 0.3 is 0 Å². The van der Waals surface area contributed by atoms with Crippen molar-refractivity contribution in [2.75, 3.05) is 13.6 Å². The SMILES string of the molecule is CN1CC(=O)N2[C@@H](c3ccccc3)c3[nH]c4ccccc4c3C[C@H]2C1=O. The molecule has 0 bridgehead atoms. The molecular formula is C21H19N3O2. The van der Waals surface area contributed by atoms with Gasteiger partial charge in [0, 0.05) is 30.1 Å². The lowest BCUT2D eigenvalue weighted by molar-refractivity contribution is -0.157. The van der Waals surface area contributed by atoms with Crippen LogP contribution < -0.4 is 0 Å². The van der Waals surface area contributed by atoms with Gasteiger partial charge in [0.1, 0.15) is 6.04 Å². The topological polar surface area (TPSA) is 56.4 Å². The van der Waals surface area contributed by atoms with Crippen molar-refractivity contribution in [2.24, 2.45) is 0 Å². The van der Waals surface area contributed by atoms with Crippen LogP contribution >= 0.6 is 0 Å². The fourth-order valence-corrected chi connectivity index (χ4v) is 4.39. The van der Waals surface area contributed by atoms with Gasteiger partial charge in [-0.15, -0.1) is 0 Å². The highest BCUT2D eigenvalue weighted by atomic mass is 16.2. The molecule has 5 rings (SSSR count). The number of amides is 2. The van der Waals surface area contributed by atoms with Gasteiger partial charge in [0.05, 0.1) is 12.6 Å². The van der Waals surface area contributed by atoms with Crippen LogP contribution in [0.1, 0.15) is 22.9 Å². The average Bonchev–Trinajstić information content (AvgIpc) is 3.03. The number of carbonyl (C=O) groups excluding carboxylic acids is 2. The summed E-state index contributed by atoms with van der Waals surface area (Å²) in [4.78, 5) is 32.6. The highest BCUT2D eigenvalue weighted by Gasteiger charge is 2.47. The van der Waals surface area contributed by atoms with Crippen molar-refractivity contribution in [3.63, 3.8) is 0 Å². The average molecular weight is 345 g/mol. The smallest absolute Gasteiger partial charge is 0.245 e. The van der Waals surface area contributed by atoms with Crippen molar-refractivity contribution in [1.29, 1.82) is 0 Å². The number of nitrogens with zero attached hydrogens (tertiary/aromatic N) is 2. The number of aromatic nitrogens is 1. The van der Waals surface area contributed by atoms with Gasteiger partial charge in [-0.05, 0) is 17.2 Å². The molecule has 0 radical (unpaired) electrons. The van der Waals surface area contributed by atoms with Crippen LogP contribution in [0.4, 0.5) is 0 Å². The second-order valence-electron chi connectivity index (χ2n) is 7.09. The maximum absolute atomic E-state index is 12.9. The Morgan fingerprint density at radius 1 is 1.00 bits per heavy atom. The third-order valence-corrected chi connectivity index (χ3v) is 5.57. The number of nitrogens with one attached hydrogen (secondary N) is 1. The normalized spacial score (nSPS) is 22.5. The Morgan fingerprint density at radius 3 is 2.54 bits per heavy atom. The van der Waals surface area contributed by atoms with Gasteiger partial charge in [-0.1, -0.05) is 48.5 Å². The van der Waals surface area contributed by atoms with Gasteiger partial charge in [0.15, 0.2) is 0 Å². The molecule has 5 heteroatoms. The van der Waals surface area contributed by atoms with Crippen molar-refractivity contribution in [1.82, 2.24) is 14.8 Å². The lowest BCUT2D eigenvalue weighted by Gasteiger charge is -2.46. The number of fused-ring (bicyclic) bond motifs is 4. The summed E-state index contributed by atoms with van der Waals surface area (Å²) >= 11 is 0. The van der Waals surface area contributed by atoms with Crippen LogP contribution in [0.2, 0.25) is 0 Å². The van der Waals surface area contributed by atoms with Crippen LogP contribution in [-0.4, -0.2) is 46.2 Å². The first-order valence-corrected chi connectivity index (χ1v) is 8.85. The maximum Gasteiger partial charge on any atom is 0.245 e. The van der Waals surface area contributed by atoms with E-state index in [4.69, 9.17) is 0 Å². The van der Waals surface area contributed by atoms with Gasteiger partial charge in [0.2, 0.25) is 11.8 Å². The predicted molar refractivity (Wildman–Crippen MR) is 98.6 cm³/mol. The molecule has 26 heavy (non-hydrogen) atoms. The molecule has 2 aliphatic heterocycles. The van der Waals surface area contributed by atoms with Crippen molar-refractivity contribution < 1.29 is 9.59 Å². The lowest BCUT2D eigenvalue weighted by atomic mass is 9.86. The zero-order chi connectivity index (χ0) is 17.8. The van der Waals surface area contributed by atoms with Crippen LogP contribution in [0.25, 0.3) is 10.9 Å². The molecule has 0 saturated carbocycles. The van der Waals surface area contributed by atoms with Gasteiger partial charge < -0.3 is 14.8 Å². The van der Waals surface area contributed by atoms with Gasteiger partial charge in [-0.25, -0.2) is 0 Å². The molecule has 2 atom stereocenters. The molecule has 2 amide bonds. The van der Waals surface area contributed by atoms with Gasteiger partial charge in [0.25, 0.3) is 0 Å². The number of aromatic amines is 1. The van der Waals surface area contributed by atoms with E-state index in [0.717, 1.165) is 27.7 Å². The summed E-state index contributed by atoms with van der Waals surface area (Å²) in [5, 5.41) is 1.14. The molecule has 5 nitrogen and oxygen atoms in total. The van der Waals surface area contributed by atoms with E-state index in [1.165, 1.54) is 0 Å². The molecule has 3 heterocycles. The minimum absolute atomic E-state index is 0.00439. The predicted octanol–water partition coefficient (Wildman–Crippen LogP) is 2.48. The molecule has 130 valence electrons. The Balaban J connectivity index is 1.77. The standard InChI is InChI=1S/C21H19N3O2/c1-23-12-18(25)24-17(21(23)26)11-15-14-9-5-6-10-16(14)22-19(15)20(24)13-7-3-2-4-8-13/h2-10,17,20,22H,11-12H2,1H3/t17-,20-/m0/s1. The lowest BCUT2D eigenvalue weighted by Crippen LogP contribution is -2.62. The fourth-order valence-electron chi connectivity index (χ4n) is 4.39. The Bertz CT molecular complexity index is 1020. The highest BCUT2D eigenvalue weighted by molar-refractivity contribution is 5.97. The molecule has 1 saturated heterocycles. The monoisotopic (exact) mass is 345 g/mol. The molecule has 1 aromatic heterocycles. The molecule has 3 aromatic rings. The van der Waals surface area contributed by atoms with E-state index in [1.54, 1.807) is 16.8 Å². The number of hydrogen-bond donors (Lipinski definition) is 1. The summed E-state index contributed by atoms with van der Waals surface area (Å²) in [5.41, 5.74) is 4.24. The fraction of sp³-hybridized carbons (Fsp3) is 0.238. The zero-order valence-electron chi connectivity index (χ0n) is 14.5. The largest absolute Gasteiger partial charge is 0.356 e. The second-order valence-corrected chi connectivity index (χ2v) is 7.09. The van der Waals surface area contributed by atoms with E-state index >= 15 is 0 Å². The van der Waals surface area contributed by atoms with E-state index in [9.17, 15) is 9.59 Å². The number of hydrogen-bond acceptors (Lipinski definition) is 2. The highest BCUT2D eigenvalue weighted by Crippen LogP contribution is 2.42. The van der Waals surface area contributed by atoms with Gasteiger partial charge in [-0.3, -0.25) is 9.59 Å². The number of rotatable bonds is 1. The van der Waals surface area contributed by atoms with E-state index in [-0.39, 0.29) is 24.4 Å². The molecular weight excluding hydrogens is 326 g/mol.